The number of phenolic OH excluding ortho intramolecular Hbond substituents is 1. The minimum atomic E-state index is -0.0116. The van der Waals surface area contributed by atoms with Gasteiger partial charge in [0, 0.05) is 16.9 Å². The van der Waals surface area contributed by atoms with E-state index in [1.54, 1.807) is 18.2 Å². The Kier molecular flexibility index (Phi) is 5.25. The molecule has 1 saturated carbocycles. The summed E-state index contributed by atoms with van der Waals surface area (Å²) in [6.45, 7) is 0.756. The summed E-state index contributed by atoms with van der Waals surface area (Å²) in [5.41, 5.74) is 0.684. The second-order valence-electron chi connectivity index (χ2n) is 5.23. The Morgan fingerprint density at radius 1 is 1.26 bits per heavy atom. The van der Waals surface area contributed by atoms with Crippen LogP contribution in [-0.2, 0) is 11.2 Å². The van der Waals surface area contributed by atoms with Crippen molar-refractivity contribution in [2.24, 2.45) is 5.92 Å². The van der Waals surface area contributed by atoms with Crippen LogP contribution in [0.3, 0.4) is 0 Å². The minimum Gasteiger partial charge on any atom is -0.508 e. The molecule has 1 aliphatic carbocycles. The van der Waals surface area contributed by atoms with Crippen LogP contribution in [0.1, 0.15) is 31.2 Å². The molecule has 0 spiro atoms. The molecule has 0 atom stereocenters. The zero-order chi connectivity index (χ0) is 13.7. The molecule has 0 bridgehead atoms. The lowest BCUT2D eigenvalue weighted by Gasteiger charge is -2.25. The monoisotopic (exact) mass is 325 g/mol. The largest absolute Gasteiger partial charge is 0.508 e. The molecule has 19 heavy (non-hydrogen) atoms. The Hall–Kier alpha value is -1.03. The number of para-hydroxylation sites is 1. The fourth-order valence-corrected chi connectivity index (χ4v) is 3.01. The van der Waals surface area contributed by atoms with E-state index in [1.165, 1.54) is 25.7 Å². The van der Waals surface area contributed by atoms with Crippen molar-refractivity contribution in [1.82, 2.24) is 5.32 Å². The van der Waals surface area contributed by atoms with Gasteiger partial charge in [0.05, 0.1) is 6.42 Å². The molecule has 1 amide bonds. The molecule has 1 fully saturated rings. The number of halogens is 1. The van der Waals surface area contributed by atoms with E-state index in [2.05, 4.69) is 21.2 Å². The Bertz CT molecular complexity index is 428. The Labute approximate surface area is 122 Å². The fourth-order valence-electron chi connectivity index (χ4n) is 2.48. The van der Waals surface area contributed by atoms with E-state index in [1.807, 2.05) is 6.07 Å². The van der Waals surface area contributed by atoms with Crippen LogP contribution in [-0.4, -0.2) is 22.4 Å². The average molecular weight is 326 g/mol. The summed E-state index contributed by atoms with van der Waals surface area (Å²) >= 11 is 3.63. The summed E-state index contributed by atoms with van der Waals surface area (Å²) < 4.78 is 0. The zero-order valence-electron chi connectivity index (χ0n) is 10.9. The number of benzene rings is 1. The molecule has 1 aliphatic rings. The van der Waals surface area contributed by atoms with Gasteiger partial charge in [-0.3, -0.25) is 4.79 Å². The van der Waals surface area contributed by atoms with Crippen molar-refractivity contribution in [3.63, 3.8) is 0 Å². The summed E-state index contributed by atoms with van der Waals surface area (Å²) in [4.78, 5) is 12.5. The number of carbonyl (C=O) groups excluding carboxylic acids is 1. The minimum absolute atomic E-state index is 0.0116. The van der Waals surface area contributed by atoms with Gasteiger partial charge >= 0.3 is 0 Å². The van der Waals surface area contributed by atoms with Crippen LogP contribution in [0.15, 0.2) is 24.3 Å². The first-order valence-electron chi connectivity index (χ1n) is 6.83. The van der Waals surface area contributed by atoms with E-state index in [-0.39, 0.29) is 18.1 Å². The SMILES string of the molecule is O=C(Cc1ccccc1O)NCC1CCC(Br)CC1. The summed E-state index contributed by atoms with van der Waals surface area (Å²) in [7, 11) is 0. The summed E-state index contributed by atoms with van der Waals surface area (Å²) in [6, 6.07) is 6.99. The van der Waals surface area contributed by atoms with Gasteiger partial charge in [-0.1, -0.05) is 34.1 Å². The Balaban J connectivity index is 1.74. The van der Waals surface area contributed by atoms with Gasteiger partial charge in [-0.15, -0.1) is 0 Å². The number of carbonyl (C=O) groups is 1. The van der Waals surface area contributed by atoms with Gasteiger partial charge in [-0.2, -0.15) is 0 Å². The van der Waals surface area contributed by atoms with Gasteiger partial charge in [-0.25, -0.2) is 0 Å². The lowest BCUT2D eigenvalue weighted by molar-refractivity contribution is -0.120. The highest BCUT2D eigenvalue weighted by Gasteiger charge is 2.19. The molecule has 2 N–H and O–H groups in total. The first kappa shape index (κ1) is 14.4. The van der Waals surface area contributed by atoms with Gasteiger partial charge in [0.25, 0.3) is 0 Å². The maximum atomic E-state index is 11.8. The number of nitrogens with one attached hydrogen (secondary N) is 1. The molecule has 2 rings (SSSR count). The predicted octanol–water partition coefficient (Wildman–Crippen LogP) is 3.00. The van der Waals surface area contributed by atoms with Crippen LogP contribution in [0.2, 0.25) is 0 Å². The lowest BCUT2D eigenvalue weighted by atomic mass is 9.89. The van der Waals surface area contributed by atoms with E-state index in [0.717, 1.165) is 6.54 Å². The number of hydrogen-bond donors (Lipinski definition) is 2. The topological polar surface area (TPSA) is 49.3 Å². The van der Waals surface area contributed by atoms with Gasteiger partial charge in [-0.05, 0) is 37.7 Å². The molecule has 0 aromatic heterocycles. The van der Waals surface area contributed by atoms with Crippen molar-refractivity contribution in [1.29, 1.82) is 0 Å². The predicted molar refractivity (Wildman–Crippen MR) is 79.5 cm³/mol. The Morgan fingerprint density at radius 3 is 2.63 bits per heavy atom. The highest BCUT2D eigenvalue weighted by molar-refractivity contribution is 9.09. The number of rotatable bonds is 4. The molecule has 0 heterocycles. The first-order chi connectivity index (χ1) is 9.15. The quantitative estimate of drug-likeness (QED) is 0.836. The zero-order valence-corrected chi connectivity index (χ0v) is 12.5. The fraction of sp³-hybridized carbons (Fsp3) is 0.533. The second kappa shape index (κ2) is 6.94. The van der Waals surface area contributed by atoms with Crippen molar-refractivity contribution in [3.05, 3.63) is 29.8 Å². The third-order valence-corrected chi connectivity index (χ3v) is 4.62. The van der Waals surface area contributed by atoms with Crippen molar-refractivity contribution in [2.45, 2.75) is 36.9 Å². The van der Waals surface area contributed by atoms with Crippen LogP contribution < -0.4 is 5.32 Å². The summed E-state index contributed by atoms with van der Waals surface area (Å²) in [5.74, 6) is 0.780. The van der Waals surface area contributed by atoms with Crippen molar-refractivity contribution in [3.8, 4) is 5.75 Å². The van der Waals surface area contributed by atoms with Crippen LogP contribution in [0, 0.1) is 5.92 Å². The highest BCUT2D eigenvalue weighted by atomic mass is 79.9. The maximum absolute atomic E-state index is 11.8. The van der Waals surface area contributed by atoms with E-state index in [0.29, 0.717) is 16.3 Å². The van der Waals surface area contributed by atoms with Crippen LogP contribution in [0.4, 0.5) is 0 Å². The number of aromatic hydroxyl groups is 1. The van der Waals surface area contributed by atoms with E-state index in [9.17, 15) is 9.90 Å². The second-order valence-corrected chi connectivity index (χ2v) is 6.52. The molecule has 0 aliphatic heterocycles. The van der Waals surface area contributed by atoms with Crippen LogP contribution >= 0.6 is 15.9 Å². The smallest absolute Gasteiger partial charge is 0.224 e. The van der Waals surface area contributed by atoms with Crippen molar-refractivity contribution in [2.75, 3.05) is 6.54 Å². The maximum Gasteiger partial charge on any atom is 0.224 e. The molecule has 0 saturated heterocycles. The first-order valence-corrected chi connectivity index (χ1v) is 7.74. The van der Waals surface area contributed by atoms with Crippen molar-refractivity contribution < 1.29 is 9.90 Å². The molecule has 104 valence electrons. The van der Waals surface area contributed by atoms with Gasteiger partial charge < -0.3 is 10.4 Å². The molecule has 1 aromatic rings. The van der Waals surface area contributed by atoms with Crippen molar-refractivity contribution >= 4 is 21.8 Å². The molecular weight excluding hydrogens is 306 g/mol. The standard InChI is InChI=1S/C15H20BrNO2/c16-13-7-5-11(6-8-13)10-17-15(19)9-12-3-1-2-4-14(12)18/h1-4,11,13,18H,5-10H2,(H,17,19). The average Bonchev–Trinajstić information content (AvgIpc) is 2.41. The van der Waals surface area contributed by atoms with Gasteiger partial charge in [0.15, 0.2) is 0 Å². The third kappa shape index (κ3) is 4.53. The number of phenols is 1. The molecular formula is C15H20BrNO2. The number of hydrogen-bond acceptors (Lipinski definition) is 2. The lowest BCUT2D eigenvalue weighted by Crippen LogP contribution is -2.32. The molecule has 3 nitrogen and oxygen atoms in total. The molecule has 1 aromatic carbocycles. The molecule has 0 unspecified atom stereocenters. The Morgan fingerprint density at radius 2 is 1.95 bits per heavy atom. The third-order valence-electron chi connectivity index (χ3n) is 3.71. The van der Waals surface area contributed by atoms with Gasteiger partial charge in [0.2, 0.25) is 5.91 Å². The van der Waals surface area contributed by atoms with Gasteiger partial charge in [0.1, 0.15) is 5.75 Å². The molecule has 4 heteroatoms. The summed E-state index contributed by atoms with van der Waals surface area (Å²) in [6.07, 6.45) is 4.99. The summed E-state index contributed by atoms with van der Waals surface area (Å²) in [5, 5.41) is 12.6. The number of alkyl halides is 1. The van der Waals surface area contributed by atoms with E-state index >= 15 is 0 Å². The normalized spacial score (nSPS) is 23.0. The molecule has 0 radical (unpaired) electrons. The van der Waals surface area contributed by atoms with E-state index in [4.69, 9.17) is 0 Å². The highest BCUT2D eigenvalue weighted by Crippen LogP contribution is 2.28. The van der Waals surface area contributed by atoms with E-state index < -0.39 is 0 Å². The van der Waals surface area contributed by atoms with Crippen LogP contribution in [0.25, 0.3) is 0 Å². The number of amides is 1. The van der Waals surface area contributed by atoms with Crippen LogP contribution in [0.5, 0.6) is 5.75 Å².